The van der Waals surface area contributed by atoms with Crippen molar-refractivity contribution in [1.29, 1.82) is 0 Å². The molecule has 310 valence electrons. The minimum absolute atomic E-state index is 0.0209. The maximum atomic E-state index is 12.8. The molecule has 0 aromatic heterocycles. The number of ether oxygens (including phenoxy) is 1. The van der Waals surface area contributed by atoms with E-state index in [9.17, 15) is 14.4 Å². The summed E-state index contributed by atoms with van der Waals surface area (Å²) >= 11 is 0. The molecule has 0 aliphatic heterocycles. The van der Waals surface area contributed by atoms with Crippen molar-refractivity contribution in [3.05, 3.63) is 20.4 Å². The highest BCUT2D eigenvalue weighted by atomic mass is 16.5. The summed E-state index contributed by atoms with van der Waals surface area (Å²) in [5.41, 5.74) is 0.469. The molecule has 0 saturated heterocycles. The Balaban J connectivity index is 0.00000869. The number of anilines is 2. The number of nitrogens with one attached hydrogen (secondary N) is 1. The van der Waals surface area contributed by atoms with E-state index in [0.717, 1.165) is 90.3 Å². The SMILES string of the molecule is CCCCCCCCCCCCN(CCCCCCCC(=O)OC(CCCCCC)CCCCCCC)c1c(NCCCN(C)C)c(=O)c1=O.O=CO. The smallest absolute Gasteiger partial charge is 0.306 e. The third-order valence-corrected chi connectivity index (χ3v) is 10.2. The summed E-state index contributed by atoms with van der Waals surface area (Å²) in [5.74, 6) is -0.0209. The average molecular weight is 750 g/mol. The Labute approximate surface area is 325 Å². The fourth-order valence-corrected chi connectivity index (χ4v) is 6.96. The van der Waals surface area contributed by atoms with Gasteiger partial charge in [0.15, 0.2) is 0 Å². The molecule has 53 heavy (non-hydrogen) atoms. The lowest BCUT2D eigenvalue weighted by atomic mass is 10.0. The van der Waals surface area contributed by atoms with E-state index in [1.54, 1.807) is 0 Å². The molecular formula is C44H83N3O6. The third kappa shape index (κ3) is 27.8. The number of carbonyl (C=O) groups is 2. The first-order valence-corrected chi connectivity index (χ1v) is 22.0. The van der Waals surface area contributed by atoms with Gasteiger partial charge in [0.1, 0.15) is 17.5 Å². The molecule has 9 heteroatoms. The van der Waals surface area contributed by atoms with Crippen molar-refractivity contribution in [3.63, 3.8) is 0 Å². The minimum Gasteiger partial charge on any atom is -0.483 e. The van der Waals surface area contributed by atoms with Gasteiger partial charge < -0.3 is 25.0 Å². The highest BCUT2D eigenvalue weighted by molar-refractivity contribution is 5.75. The van der Waals surface area contributed by atoms with E-state index in [4.69, 9.17) is 14.6 Å². The van der Waals surface area contributed by atoms with Gasteiger partial charge in [-0.3, -0.25) is 19.2 Å². The van der Waals surface area contributed by atoms with Crippen LogP contribution >= 0.6 is 0 Å². The largest absolute Gasteiger partial charge is 0.483 e. The standard InChI is InChI=1S/C43H81N3O4.CH2O2/c1-6-9-12-15-16-17-18-19-23-28-36-46(41-40(42(48)43(41)49)44-34-30-35-45(4)5)37-29-24-20-22-27-33-39(47)50-38(31-25-14-11-8-3)32-26-21-13-10-7-2;2-1-3/h38,44H,6-37H2,1-5H3;1H,(H,2,3). The zero-order valence-electron chi connectivity index (χ0n) is 35.2. The van der Waals surface area contributed by atoms with Gasteiger partial charge in [-0.15, -0.1) is 0 Å². The monoisotopic (exact) mass is 750 g/mol. The maximum absolute atomic E-state index is 12.8. The number of hydrogen-bond donors (Lipinski definition) is 2. The Kier molecular flexibility index (Phi) is 34.9. The van der Waals surface area contributed by atoms with E-state index in [0.29, 0.717) is 24.3 Å². The zero-order chi connectivity index (χ0) is 39.4. The Bertz CT molecular complexity index is 1050. The molecule has 9 nitrogen and oxygen atoms in total. The molecular weight excluding hydrogens is 666 g/mol. The van der Waals surface area contributed by atoms with Gasteiger partial charge in [-0.2, -0.15) is 0 Å². The molecule has 1 atom stereocenters. The summed E-state index contributed by atoms with van der Waals surface area (Å²) in [7, 11) is 4.09. The first kappa shape index (κ1) is 50.6. The molecule has 0 bridgehead atoms. The number of carbonyl (C=O) groups excluding carboxylic acids is 1. The maximum Gasteiger partial charge on any atom is 0.306 e. The topological polar surface area (TPSA) is 116 Å². The summed E-state index contributed by atoms with van der Waals surface area (Å²) in [6.07, 6.45) is 32.4. The molecule has 0 aliphatic carbocycles. The summed E-state index contributed by atoms with van der Waals surface area (Å²) < 4.78 is 5.99. The molecule has 0 spiro atoms. The summed E-state index contributed by atoms with van der Waals surface area (Å²) in [4.78, 5) is 50.7. The van der Waals surface area contributed by atoms with Crippen molar-refractivity contribution in [3.8, 4) is 0 Å². The van der Waals surface area contributed by atoms with E-state index >= 15 is 0 Å². The van der Waals surface area contributed by atoms with Crippen molar-refractivity contribution in [2.24, 2.45) is 0 Å². The first-order chi connectivity index (χ1) is 25.8. The number of hydrogen-bond acceptors (Lipinski definition) is 8. The molecule has 1 aromatic rings. The van der Waals surface area contributed by atoms with Crippen molar-refractivity contribution in [2.45, 2.75) is 207 Å². The molecule has 0 radical (unpaired) electrons. The van der Waals surface area contributed by atoms with Crippen LogP contribution in [0.2, 0.25) is 0 Å². The van der Waals surface area contributed by atoms with Crippen LogP contribution in [0.1, 0.15) is 201 Å². The van der Waals surface area contributed by atoms with Crippen LogP contribution in [0.4, 0.5) is 11.4 Å². The molecule has 0 fully saturated rings. The fraction of sp³-hybridized carbons (Fsp3) is 0.864. The van der Waals surface area contributed by atoms with Crippen molar-refractivity contribution in [1.82, 2.24) is 4.90 Å². The molecule has 2 N–H and O–H groups in total. The van der Waals surface area contributed by atoms with E-state index in [2.05, 4.69) is 35.9 Å². The number of nitrogens with zero attached hydrogens (tertiary/aromatic N) is 2. The molecule has 1 rings (SSSR count). The van der Waals surface area contributed by atoms with Gasteiger partial charge in [-0.05, 0) is 72.0 Å². The molecule has 0 aliphatic rings. The summed E-state index contributed by atoms with van der Waals surface area (Å²) in [6, 6.07) is 0. The number of unbranched alkanes of at least 4 members (excludes halogenated alkanes) is 20. The van der Waals surface area contributed by atoms with Crippen LogP contribution < -0.4 is 21.1 Å². The first-order valence-electron chi connectivity index (χ1n) is 22.0. The van der Waals surface area contributed by atoms with Gasteiger partial charge in [0.2, 0.25) is 0 Å². The van der Waals surface area contributed by atoms with Crippen LogP contribution in [-0.2, 0) is 14.3 Å². The van der Waals surface area contributed by atoms with Crippen LogP contribution in [0.15, 0.2) is 9.59 Å². The van der Waals surface area contributed by atoms with Crippen LogP contribution in [0, 0.1) is 0 Å². The Hall–Kier alpha value is -2.42. The lowest BCUT2D eigenvalue weighted by Crippen LogP contribution is -2.43. The van der Waals surface area contributed by atoms with E-state index in [1.807, 2.05) is 14.1 Å². The highest BCUT2D eigenvalue weighted by Gasteiger charge is 2.25. The van der Waals surface area contributed by atoms with Crippen LogP contribution in [-0.4, -0.2) is 68.8 Å². The highest BCUT2D eigenvalue weighted by Crippen LogP contribution is 2.23. The van der Waals surface area contributed by atoms with Crippen LogP contribution in [0.5, 0.6) is 0 Å². The Morgan fingerprint density at radius 1 is 0.623 bits per heavy atom. The van der Waals surface area contributed by atoms with Crippen molar-refractivity contribution >= 4 is 23.8 Å². The second kappa shape index (κ2) is 36.6. The van der Waals surface area contributed by atoms with Gasteiger partial charge in [-0.1, -0.05) is 143 Å². The van der Waals surface area contributed by atoms with E-state index in [-0.39, 0.29) is 29.4 Å². The predicted molar refractivity (Wildman–Crippen MR) is 225 cm³/mol. The quantitative estimate of drug-likeness (QED) is 0.0297. The van der Waals surface area contributed by atoms with Crippen LogP contribution in [0.3, 0.4) is 0 Å². The number of rotatable bonds is 37. The van der Waals surface area contributed by atoms with Crippen molar-refractivity contribution < 1.29 is 19.4 Å². The van der Waals surface area contributed by atoms with Gasteiger partial charge in [0, 0.05) is 26.1 Å². The lowest BCUT2D eigenvalue weighted by Gasteiger charge is -2.28. The third-order valence-electron chi connectivity index (χ3n) is 10.2. The minimum atomic E-state index is -0.357. The Morgan fingerprint density at radius 2 is 1.04 bits per heavy atom. The molecule has 1 unspecified atom stereocenters. The lowest BCUT2D eigenvalue weighted by molar-refractivity contribution is -0.150. The van der Waals surface area contributed by atoms with Gasteiger partial charge in [-0.25, -0.2) is 0 Å². The van der Waals surface area contributed by atoms with Crippen LogP contribution in [0.25, 0.3) is 0 Å². The van der Waals surface area contributed by atoms with E-state index < -0.39 is 0 Å². The predicted octanol–water partition coefficient (Wildman–Crippen LogP) is 10.7. The zero-order valence-corrected chi connectivity index (χ0v) is 35.2. The fourth-order valence-electron chi connectivity index (χ4n) is 6.96. The van der Waals surface area contributed by atoms with Gasteiger partial charge in [0.05, 0.1) is 0 Å². The second-order valence-electron chi connectivity index (χ2n) is 15.4. The van der Waals surface area contributed by atoms with E-state index in [1.165, 1.54) is 103 Å². The van der Waals surface area contributed by atoms with Crippen molar-refractivity contribution in [2.75, 3.05) is 50.5 Å². The molecule has 1 aromatic carbocycles. The summed E-state index contributed by atoms with van der Waals surface area (Å²) in [6.45, 7) is 9.76. The molecule has 0 saturated carbocycles. The second-order valence-corrected chi connectivity index (χ2v) is 15.4. The Morgan fingerprint density at radius 3 is 1.51 bits per heavy atom. The molecule has 0 amide bonds. The normalized spacial score (nSPS) is 11.7. The van der Waals surface area contributed by atoms with Gasteiger partial charge in [0.25, 0.3) is 17.3 Å². The average Bonchev–Trinajstić information content (AvgIpc) is 3.14. The molecule has 0 heterocycles. The van der Waals surface area contributed by atoms with Gasteiger partial charge >= 0.3 is 5.97 Å². The number of carboxylic acid groups (broad SMARTS) is 1. The number of esters is 1. The summed E-state index contributed by atoms with van der Waals surface area (Å²) in [5, 5.41) is 10.2.